The van der Waals surface area contributed by atoms with E-state index in [4.69, 9.17) is 4.74 Å². The summed E-state index contributed by atoms with van der Waals surface area (Å²) < 4.78 is 5.18. The number of hydrogen-bond donors (Lipinski definition) is 0. The summed E-state index contributed by atoms with van der Waals surface area (Å²) in [6.07, 6.45) is 2.35. The van der Waals surface area contributed by atoms with Crippen LogP contribution >= 0.6 is 0 Å². The minimum absolute atomic E-state index is 0.0721. The predicted molar refractivity (Wildman–Crippen MR) is 79.5 cm³/mol. The van der Waals surface area contributed by atoms with Crippen molar-refractivity contribution in [3.8, 4) is 0 Å². The molecule has 0 saturated carbocycles. The molecule has 0 bridgehead atoms. The van der Waals surface area contributed by atoms with Gasteiger partial charge < -0.3 is 4.74 Å². The van der Waals surface area contributed by atoms with Crippen LogP contribution in [0.5, 0.6) is 0 Å². The molecule has 0 aromatic heterocycles. The van der Waals surface area contributed by atoms with Gasteiger partial charge in [0.1, 0.15) is 0 Å². The lowest BCUT2D eigenvalue weighted by Gasteiger charge is -2.14. The van der Waals surface area contributed by atoms with E-state index in [1.54, 1.807) is 0 Å². The van der Waals surface area contributed by atoms with E-state index in [2.05, 4.69) is 20.8 Å². The van der Waals surface area contributed by atoms with Crippen LogP contribution in [0, 0.1) is 5.92 Å². The molecule has 1 aromatic carbocycles. The van der Waals surface area contributed by atoms with Crippen LogP contribution in [-0.2, 0) is 4.74 Å². The van der Waals surface area contributed by atoms with Crippen molar-refractivity contribution < 1.29 is 9.53 Å². The van der Waals surface area contributed by atoms with Crippen molar-refractivity contribution in [2.24, 2.45) is 5.92 Å². The number of esters is 1. The number of hydrogen-bond acceptors (Lipinski definition) is 2. The zero-order valence-electron chi connectivity index (χ0n) is 12.8. The molecule has 0 fully saturated rings. The van der Waals surface area contributed by atoms with Crippen molar-refractivity contribution in [3.05, 3.63) is 35.4 Å². The Balaban J connectivity index is 2.63. The van der Waals surface area contributed by atoms with Gasteiger partial charge in [-0.1, -0.05) is 39.3 Å². The van der Waals surface area contributed by atoms with Crippen molar-refractivity contribution in [1.82, 2.24) is 0 Å². The van der Waals surface area contributed by atoms with Crippen LogP contribution < -0.4 is 0 Å². The summed E-state index contributed by atoms with van der Waals surface area (Å²) in [7, 11) is 0. The average molecular weight is 262 g/mol. The Labute approximate surface area is 117 Å². The van der Waals surface area contributed by atoms with Crippen molar-refractivity contribution in [2.75, 3.05) is 0 Å². The highest BCUT2D eigenvalue weighted by molar-refractivity contribution is 5.89. The molecule has 0 N–H and O–H groups in total. The highest BCUT2D eigenvalue weighted by Gasteiger charge is 2.11. The van der Waals surface area contributed by atoms with Gasteiger partial charge in [0.25, 0.3) is 0 Å². The molecule has 1 rings (SSSR count). The van der Waals surface area contributed by atoms with Gasteiger partial charge >= 0.3 is 5.97 Å². The Hall–Kier alpha value is -1.31. The Morgan fingerprint density at radius 1 is 1.00 bits per heavy atom. The average Bonchev–Trinajstić information content (AvgIpc) is 2.35. The second kappa shape index (κ2) is 7.32. The molecule has 1 unspecified atom stereocenters. The van der Waals surface area contributed by atoms with E-state index >= 15 is 0 Å². The van der Waals surface area contributed by atoms with E-state index in [0.717, 1.165) is 5.92 Å². The van der Waals surface area contributed by atoms with Crippen LogP contribution in [0.4, 0.5) is 0 Å². The van der Waals surface area contributed by atoms with Crippen molar-refractivity contribution in [2.45, 2.75) is 59.5 Å². The summed E-state index contributed by atoms with van der Waals surface area (Å²) in [5.74, 6) is 1.04. The minimum atomic E-state index is -0.239. The van der Waals surface area contributed by atoms with E-state index in [9.17, 15) is 4.79 Å². The summed E-state index contributed by atoms with van der Waals surface area (Å²) in [5.41, 5.74) is 1.93. The van der Waals surface area contributed by atoms with Crippen LogP contribution in [0.1, 0.15) is 69.3 Å². The van der Waals surface area contributed by atoms with Gasteiger partial charge in [0.15, 0.2) is 0 Å². The van der Waals surface area contributed by atoms with E-state index in [0.29, 0.717) is 11.5 Å². The Morgan fingerprint density at radius 2 is 1.58 bits per heavy atom. The third-order valence-corrected chi connectivity index (χ3v) is 3.24. The first-order chi connectivity index (χ1) is 8.90. The zero-order valence-corrected chi connectivity index (χ0v) is 12.8. The number of rotatable bonds is 6. The maximum Gasteiger partial charge on any atom is 0.338 e. The first-order valence-corrected chi connectivity index (χ1v) is 7.21. The van der Waals surface area contributed by atoms with Crippen LogP contribution in [0.3, 0.4) is 0 Å². The first kappa shape index (κ1) is 15.7. The number of carbonyl (C=O) groups excluding carboxylic acids is 1. The second-order valence-electron chi connectivity index (χ2n) is 5.95. The smallest absolute Gasteiger partial charge is 0.338 e. The van der Waals surface area contributed by atoms with Gasteiger partial charge in [-0.25, -0.2) is 4.79 Å². The van der Waals surface area contributed by atoms with Crippen LogP contribution in [-0.4, -0.2) is 12.1 Å². The molecule has 0 amide bonds. The third-order valence-electron chi connectivity index (χ3n) is 3.24. The molecule has 19 heavy (non-hydrogen) atoms. The molecule has 0 aliphatic heterocycles. The predicted octanol–water partition coefficient (Wildman–Crippen LogP) is 4.79. The van der Waals surface area contributed by atoms with E-state index < -0.39 is 0 Å². The zero-order chi connectivity index (χ0) is 14.4. The lowest BCUT2D eigenvalue weighted by atomic mass is 9.92. The molecule has 2 heteroatoms. The lowest BCUT2D eigenvalue weighted by molar-refractivity contribution is 0.0378. The quantitative estimate of drug-likeness (QED) is 0.689. The van der Waals surface area contributed by atoms with E-state index in [1.165, 1.54) is 18.4 Å². The molecule has 0 aliphatic rings. The van der Waals surface area contributed by atoms with Gasteiger partial charge in [0.2, 0.25) is 0 Å². The Kier molecular flexibility index (Phi) is 6.07. The van der Waals surface area contributed by atoms with Gasteiger partial charge in [0, 0.05) is 0 Å². The molecule has 1 aromatic rings. The third kappa shape index (κ3) is 5.46. The molecule has 0 heterocycles. The Bertz CT molecular complexity index is 390. The van der Waals surface area contributed by atoms with E-state index in [-0.39, 0.29) is 12.1 Å². The summed E-state index contributed by atoms with van der Waals surface area (Å²) in [6.45, 7) is 10.5. The van der Waals surface area contributed by atoms with Gasteiger partial charge in [-0.05, 0) is 49.8 Å². The molecular weight excluding hydrogens is 236 g/mol. The molecule has 0 saturated heterocycles. The van der Waals surface area contributed by atoms with Crippen molar-refractivity contribution >= 4 is 5.97 Å². The number of benzene rings is 1. The van der Waals surface area contributed by atoms with Crippen LogP contribution in [0.25, 0.3) is 0 Å². The van der Waals surface area contributed by atoms with Gasteiger partial charge in [0.05, 0.1) is 11.7 Å². The van der Waals surface area contributed by atoms with Gasteiger partial charge in [-0.3, -0.25) is 0 Å². The largest absolute Gasteiger partial charge is 0.459 e. The molecule has 1 atom stereocenters. The fourth-order valence-corrected chi connectivity index (χ4v) is 1.98. The SMILES string of the molecule is CC(C)CCC(C)c1ccc(C(=O)OC(C)C)cc1. The summed E-state index contributed by atoms with van der Waals surface area (Å²) in [6, 6.07) is 7.82. The maximum absolute atomic E-state index is 11.7. The minimum Gasteiger partial charge on any atom is -0.459 e. The van der Waals surface area contributed by atoms with Gasteiger partial charge in [-0.2, -0.15) is 0 Å². The molecule has 2 nitrogen and oxygen atoms in total. The van der Waals surface area contributed by atoms with Crippen molar-refractivity contribution in [1.29, 1.82) is 0 Å². The maximum atomic E-state index is 11.7. The first-order valence-electron chi connectivity index (χ1n) is 7.21. The standard InChI is InChI=1S/C17H26O2/c1-12(2)6-7-14(5)15-8-10-16(11-9-15)17(18)19-13(3)4/h8-14H,6-7H2,1-5H3. The highest BCUT2D eigenvalue weighted by atomic mass is 16.5. The molecule has 0 aliphatic carbocycles. The van der Waals surface area contributed by atoms with Crippen LogP contribution in [0.2, 0.25) is 0 Å². The summed E-state index contributed by atoms with van der Waals surface area (Å²) in [4.78, 5) is 11.7. The second-order valence-corrected chi connectivity index (χ2v) is 5.95. The molecule has 0 radical (unpaired) electrons. The number of carbonyl (C=O) groups is 1. The normalized spacial score (nSPS) is 12.8. The fraction of sp³-hybridized carbons (Fsp3) is 0.588. The van der Waals surface area contributed by atoms with Crippen molar-refractivity contribution in [3.63, 3.8) is 0 Å². The summed E-state index contributed by atoms with van der Waals surface area (Å²) >= 11 is 0. The topological polar surface area (TPSA) is 26.3 Å². The lowest BCUT2D eigenvalue weighted by Crippen LogP contribution is -2.11. The van der Waals surface area contributed by atoms with E-state index in [1.807, 2.05) is 38.1 Å². The molecule has 0 spiro atoms. The number of ether oxygens (including phenoxy) is 1. The van der Waals surface area contributed by atoms with Gasteiger partial charge in [-0.15, -0.1) is 0 Å². The summed E-state index contributed by atoms with van der Waals surface area (Å²) in [5, 5.41) is 0. The molecular formula is C17H26O2. The molecule has 106 valence electrons. The fourth-order valence-electron chi connectivity index (χ4n) is 1.98. The monoisotopic (exact) mass is 262 g/mol. The Morgan fingerprint density at radius 3 is 2.05 bits per heavy atom. The van der Waals surface area contributed by atoms with Crippen LogP contribution in [0.15, 0.2) is 24.3 Å². The highest BCUT2D eigenvalue weighted by Crippen LogP contribution is 2.23.